The molecular formula is C14H21NO3S. The van der Waals surface area contributed by atoms with Crippen LogP contribution in [0.2, 0.25) is 0 Å². The van der Waals surface area contributed by atoms with E-state index in [9.17, 15) is 0 Å². The molecule has 0 amide bonds. The van der Waals surface area contributed by atoms with Gasteiger partial charge in [-0.05, 0) is 19.1 Å². The quantitative estimate of drug-likeness (QED) is 0.779. The van der Waals surface area contributed by atoms with E-state index in [1.54, 1.807) is 14.2 Å². The van der Waals surface area contributed by atoms with Gasteiger partial charge in [0.15, 0.2) is 0 Å². The molecule has 5 heteroatoms. The normalized spacial score (nSPS) is 11.8. The standard InChI is InChI=1S/C14H21NO3S/c1-5-18-9-10(2)14(19)15-13-11(16-3)7-6-8-12(13)17-4/h6-8,10H,5,9H2,1-4H3,(H,15,19)/t10-/m1/s1. The van der Waals surface area contributed by atoms with E-state index in [-0.39, 0.29) is 5.92 Å². The minimum absolute atomic E-state index is 0.129. The van der Waals surface area contributed by atoms with Crippen molar-refractivity contribution in [2.45, 2.75) is 13.8 Å². The maximum Gasteiger partial charge on any atom is 0.146 e. The Morgan fingerprint density at radius 2 is 1.84 bits per heavy atom. The number of nitrogens with one attached hydrogen (secondary N) is 1. The van der Waals surface area contributed by atoms with E-state index in [4.69, 9.17) is 26.4 Å². The molecule has 1 atom stereocenters. The first kappa shape index (κ1) is 15.7. The summed E-state index contributed by atoms with van der Waals surface area (Å²) in [5.74, 6) is 1.53. The molecule has 0 saturated carbocycles. The fraction of sp³-hybridized carbons (Fsp3) is 0.500. The number of hydrogen-bond acceptors (Lipinski definition) is 4. The lowest BCUT2D eigenvalue weighted by molar-refractivity contribution is 0.134. The first-order valence-corrected chi connectivity index (χ1v) is 6.64. The third-order valence-corrected chi connectivity index (χ3v) is 3.20. The zero-order valence-electron chi connectivity index (χ0n) is 11.9. The van der Waals surface area contributed by atoms with Crippen LogP contribution in [0.25, 0.3) is 0 Å². The monoisotopic (exact) mass is 283 g/mol. The second-order valence-electron chi connectivity index (χ2n) is 4.09. The summed E-state index contributed by atoms with van der Waals surface area (Å²) >= 11 is 5.38. The van der Waals surface area contributed by atoms with Crippen LogP contribution in [0, 0.1) is 5.92 Å². The topological polar surface area (TPSA) is 39.7 Å². The Morgan fingerprint density at radius 3 is 2.32 bits per heavy atom. The van der Waals surface area contributed by atoms with Crippen molar-refractivity contribution >= 4 is 22.9 Å². The molecule has 1 rings (SSSR count). The Hall–Kier alpha value is -1.33. The van der Waals surface area contributed by atoms with E-state index in [1.807, 2.05) is 32.0 Å². The van der Waals surface area contributed by atoms with Gasteiger partial charge in [0.25, 0.3) is 0 Å². The van der Waals surface area contributed by atoms with E-state index in [0.29, 0.717) is 29.7 Å². The van der Waals surface area contributed by atoms with E-state index in [2.05, 4.69) is 5.32 Å². The average molecular weight is 283 g/mol. The van der Waals surface area contributed by atoms with Crippen LogP contribution in [0.3, 0.4) is 0 Å². The van der Waals surface area contributed by atoms with Crippen LogP contribution in [0.15, 0.2) is 18.2 Å². The van der Waals surface area contributed by atoms with Gasteiger partial charge in [-0.15, -0.1) is 0 Å². The van der Waals surface area contributed by atoms with E-state index >= 15 is 0 Å². The molecule has 0 saturated heterocycles. The molecule has 1 aromatic rings. The average Bonchev–Trinajstić information content (AvgIpc) is 2.44. The summed E-state index contributed by atoms with van der Waals surface area (Å²) in [5, 5.41) is 3.19. The van der Waals surface area contributed by atoms with Gasteiger partial charge in [-0.2, -0.15) is 0 Å². The Morgan fingerprint density at radius 1 is 1.26 bits per heavy atom. The van der Waals surface area contributed by atoms with Gasteiger partial charge < -0.3 is 19.5 Å². The minimum Gasteiger partial charge on any atom is -0.494 e. The molecule has 0 aliphatic carbocycles. The van der Waals surface area contributed by atoms with E-state index in [0.717, 1.165) is 5.69 Å². The maximum absolute atomic E-state index is 5.38. The van der Waals surface area contributed by atoms with Crippen molar-refractivity contribution in [1.82, 2.24) is 0 Å². The smallest absolute Gasteiger partial charge is 0.146 e. The van der Waals surface area contributed by atoms with Gasteiger partial charge >= 0.3 is 0 Å². The minimum atomic E-state index is 0.129. The highest BCUT2D eigenvalue weighted by Gasteiger charge is 2.15. The summed E-state index contributed by atoms with van der Waals surface area (Å²) < 4.78 is 16.0. The highest BCUT2D eigenvalue weighted by Crippen LogP contribution is 2.34. The molecule has 0 heterocycles. The lowest BCUT2D eigenvalue weighted by Gasteiger charge is -2.18. The molecule has 106 valence electrons. The van der Waals surface area contributed by atoms with Crippen LogP contribution in [0.1, 0.15) is 13.8 Å². The summed E-state index contributed by atoms with van der Waals surface area (Å²) in [6, 6.07) is 5.59. The summed E-state index contributed by atoms with van der Waals surface area (Å²) in [7, 11) is 3.24. The van der Waals surface area contributed by atoms with E-state index < -0.39 is 0 Å². The number of ether oxygens (including phenoxy) is 3. The van der Waals surface area contributed by atoms with Crippen molar-refractivity contribution in [2.24, 2.45) is 5.92 Å². The van der Waals surface area contributed by atoms with Crippen molar-refractivity contribution in [3.63, 3.8) is 0 Å². The van der Waals surface area contributed by atoms with Gasteiger partial charge in [-0.1, -0.05) is 25.2 Å². The molecule has 19 heavy (non-hydrogen) atoms. The summed E-state index contributed by atoms with van der Waals surface area (Å²) in [4.78, 5) is 0.705. The molecule has 0 fully saturated rings. The maximum atomic E-state index is 5.38. The summed E-state index contributed by atoms with van der Waals surface area (Å²) in [6.07, 6.45) is 0. The molecule has 0 aliphatic rings. The lowest BCUT2D eigenvalue weighted by atomic mass is 10.2. The second-order valence-corrected chi connectivity index (χ2v) is 4.53. The van der Waals surface area contributed by atoms with Crippen LogP contribution in [-0.4, -0.2) is 32.4 Å². The van der Waals surface area contributed by atoms with Gasteiger partial charge in [0, 0.05) is 12.5 Å². The van der Waals surface area contributed by atoms with Gasteiger partial charge in [0.05, 0.1) is 25.8 Å². The molecule has 1 N–H and O–H groups in total. The third-order valence-electron chi connectivity index (χ3n) is 2.70. The molecule has 4 nitrogen and oxygen atoms in total. The second kappa shape index (κ2) is 7.96. The predicted molar refractivity (Wildman–Crippen MR) is 81.4 cm³/mol. The Balaban J connectivity index is 2.83. The fourth-order valence-electron chi connectivity index (χ4n) is 1.59. The summed E-state index contributed by atoms with van der Waals surface area (Å²) in [6.45, 7) is 5.27. The zero-order valence-corrected chi connectivity index (χ0v) is 12.7. The Bertz CT molecular complexity index is 401. The van der Waals surface area contributed by atoms with Crippen molar-refractivity contribution < 1.29 is 14.2 Å². The number of para-hydroxylation sites is 1. The van der Waals surface area contributed by atoms with Crippen molar-refractivity contribution in [3.05, 3.63) is 18.2 Å². The van der Waals surface area contributed by atoms with Crippen LogP contribution < -0.4 is 14.8 Å². The first-order chi connectivity index (χ1) is 9.13. The molecule has 0 aliphatic heterocycles. The van der Waals surface area contributed by atoms with Gasteiger partial charge in [0.2, 0.25) is 0 Å². The predicted octanol–water partition coefficient (Wildman–Crippen LogP) is 3.12. The highest BCUT2D eigenvalue weighted by molar-refractivity contribution is 7.80. The molecule has 1 aromatic carbocycles. The molecule has 0 unspecified atom stereocenters. The Labute approximate surface area is 120 Å². The van der Waals surface area contributed by atoms with Crippen molar-refractivity contribution in [2.75, 3.05) is 32.8 Å². The van der Waals surface area contributed by atoms with Crippen LogP contribution >= 0.6 is 12.2 Å². The number of methoxy groups -OCH3 is 2. The van der Waals surface area contributed by atoms with Crippen LogP contribution in [-0.2, 0) is 4.74 Å². The highest BCUT2D eigenvalue weighted by atomic mass is 32.1. The van der Waals surface area contributed by atoms with Gasteiger partial charge in [-0.3, -0.25) is 0 Å². The molecular weight excluding hydrogens is 262 g/mol. The Kier molecular flexibility index (Phi) is 6.59. The van der Waals surface area contributed by atoms with Crippen LogP contribution in [0.5, 0.6) is 11.5 Å². The fourth-order valence-corrected chi connectivity index (χ4v) is 1.76. The van der Waals surface area contributed by atoms with Gasteiger partial charge in [-0.25, -0.2) is 0 Å². The lowest BCUT2D eigenvalue weighted by Crippen LogP contribution is -2.23. The van der Waals surface area contributed by atoms with Gasteiger partial charge in [0.1, 0.15) is 17.2 Å². The van der Waals surface area contributed by atoms with Crippen LogP contribution in [0.4, 0.5) is 5.69 Å². The third kappa shape index (κ3) is 4.36. The number of thiocarbonyl (C=S) groups is 1. The first-order valence-electron chi connectivity index (χ1n) is 6.23. The zero-order chi connectivity index (χ0) is 14.3. The molecule has 0 spiro atoms. The number of rotatable bonds is 7. The summed E-state index contributed by atoms with van der Waals surface area (Å²) in [5.41, 5.74) is 0.751. The molecule has 0 bridgehead atoms. The van der Waals surface area contributed by atoms with Crippen molar-refractivity contribution in [1.29, 1.82) is 0 Å². The van der Waals surface area contributed by atoms with E-state index in [1.165, 1.54) is 0 Å². The SMILES string of the molecule is CCOC[C@@H](C)C(=S)Nc1c(OC)cccc1OC. The molecule has 0 aromatic heterocycles. The number of benzene rings is 1. The molecule has 0 radical (unpaired) electrons. The largest absolute Gasteiger partial charge is 0.494 e. The van der Waals surface area contributed by atoms with Crippen molar-refractivity contribution in [3.8, 4) is 11.5 Å². The number of anilines is 1. The number of hydrogen-bond donors (Lipinski definition) is 1.